The minimum Gasteiger partial charge on any atom is -0.446 e. The molecule has 0 radical (unpaired) electrons. The fraction of sp³-hybridized carbons (Fsp3) is 0.533. The monoisotopic (exact) mass is 693 g/mol. The Labute approximate surface area is 269 Å². The summed E-state index contributed by atoms with van der Waals surface area (Å²) in [5, 5.41) is 15.8. The van der Waals surface area contributed by atoms with Crippen molar-refractivity contribution in [3.63, 3.8) is 0 Å². The highest BCUT2D eigenvalue weighted by atomic mass is 19.4. The number of amides is 1. The van der Waals surface area contributed by atoms with Crippen LogP contribution in [0.5, 0.6) is 0 Å². The molecule has 0 saturated carbocycles. The number of ether oxygens (including phenoxy) is 1. The summed E-state index contributed by atoms with van der Waals surface area (Å²) in [4.78, 5) is 16.9. The number of nitrogens with zero attached hydrogens (tertiary/aromatic N) is 6. The third-order valence-electron chi connectivity index (χ3n) is 8.20. The minimum absolute atomic E-state index is 0.00864. The van der Waals surface area contributed by atoms with Crippen molar-refractivity contribution in [3.05, 3.63) is 64.2 Å². The maximum Gasteiger partial charge on any atom is 0.416 e. The number of alkyl halides is 9. The lowest BCUT2D eigenvalue weighted by molar-refractivity contribution is -0.143. The topological polar surface area (TPSA) is 88.4 Å². The highest BCUT2D eigenvalue weighted by Crippen LogP contribution is 2.45. The molecule has 0 unspecified atom stereocenters. The second-order valence-electron chi connectivity index (χ2n) is 12.1. The second kappa shape index (κ2) is 13.1. The smallest absolute Gasteiger partial charge is 0.416 e. The molecular weight excluding hydrogens is 661 g/mol. The molecule has 0 aliphatic carbocycles. The van der Waals surface area contributed by atoms with Crippen molar-refractivity contribution in [3.8, 4) is 0 Å². The quantitative estimate of drug-likeness (QED) is 0.267. The summed E-state index contributed by atoms with van der Waals surface area (Å²) in [5.41, 5.74) is -4.70. The summed E-state index contributed by atoms with van der Waals surface area (Å²) in [6, 6.07) is 1.62. The van der Waals surface area contributed by atoms with Crippen LogP contribution in [0.1, 0.15) is 79.9 Å². The van der Waals surface area contributed by atoms with Gasteiger partial charge in [-0.15, -0.1) is 5.10 Å². The lowest BCUT2D eigenvalue weighted by Crippen LogP contribution is -2.47. The van der Waals surface area contributed by atoms with Gasteiger partial charge in [-0.3, -0.25) is 4.90 Å². The normalized spacial score (nSPS) is 19.4. The van der Waals surface area contributed by atoms with Gasteiger partial charge in [-0.05, 0) is 106 Å². The van der Waals surface area contributed by atoms with Gasteiger partial charge < -0.3 is 15.0 Å². The number of piperidine rings is 1. The van der Waals surface area contributed by atoms with E-state index in [0.29, 0.717) is 38.1 Å². The summed E-state index contributed by atoms with van der Waals surface area (Å²) in [5.74, 6) is -0.224. The van der Waals surface area contributed by atoms with Gasteiger partial charge in [0.25, 0.3) is 5.95 Å². The fourth-order valence-electron chi connectivity index (χ4n) is 5.99. The summed E-state index contributed by atoms with van der Waals surface area (Å²) < 4.78 is 130. The van der Waals surface area contributed by atoms with Crippen LogP contribution >= 0.6 is 0 Å². The molecule has 1 N–H and O–H groups in total. The number of hydrogen-bond donors (Lipinski definition) is 1. The zero-order valence-electron chi connectivity index (χ0n) is 25.9. The van der Waals surface area contributed by atoms with Crippen LogP contribution in [0.25, 0.3) is 0 Å². The molecule has 1 fully saturated rings. The maximum absolute atomic E-state index is 14.0. The number of rotatable bonds is 6. The first kappa shape index (κ1) is 35.2. The van der Waals surface area contributed by atoms with Crippen LogP contribution in [0.15, 0.2) is 36.4 Å². The van der Waals surface area contributed by atoms with Crippen LogP contribution in [-0.4, -0.2) is 51.5 Å². The number of fused-ring (bicyclic) bond motifs is 1. The predicted molar refractivity (Wildman–Crippen MR) is 154 cm³/mol. The van der Waals surface area contributed by atoms with E-state index >= 15 is 0 Å². The molecule has 2 aliphatic heterocycles. The van der Waals surface area contributed by atoms with E-state index in [9.17, 15) is 44.3 Å². The second-order valence-corrected chi connectivity index (χ2v) is 12.1. The third kappa shape index (κ3) is 7.63. The largest absolute Gasteiger partial charge is 0.446 e. The van der Waals surface area contributed by atoms with Gasteiger partial charge in [0.05, 0.1) is 40.6 Å². The molecule has 48 heavy (non-hydrogen) atoms. The van der Waals surface area contributed by atoms with Crippen LogP contribution in [-0.2, 0) is 29.8 Å². The van der Waals surface area contributed by atoms with Crippen molar-refractivity contribution in [2.24, 2.45) is 0 Å². The van der Waals surface area contributed by atoms with Crippen molar-refractivity contribution in [1.29, 1.82) is 0 Å². The Bertz CT molecular complexity index is 1580. The molecule has 2 aliphatic rings. The van der Waals surface area contributed by atoms with E-state index in [1.165, 1.54) is 14.6 Å². The Hall–Kier alpha value is -4.09. The first-order chi connectivity index (χ1) is 22.3. The molecule has 1 amide bonds. The van der Waals surface area contributed by atoms with Crippen molar-refractivity contribution in [2.75, 3.05) is 22.9 Å². The Kier molecular flexibility index (Phi) is 9.60. The van der Waals surface area contributed by atoms with Gasteiger partial charge in [0, 0.05) is 12.6 Å². The van der Waals surface area contributed by atoms with Crippen LogP contribution < -0.4 is 15.1 Å². The zero-order chi connectivity index (χ0) is 35.2. The van der Waals surface area contributed by atoms with Crippen molar-refractivity contribution >= 4 is 17.7 Å². The van der Waals surface area contributed by atoms with Crippen LogP contribution in [0.4, 0.5) is 55.9 Å². The predicted octanol–water partition coefficient (Wildman–Crippen LogP) is 7.55. The first-order valence-electron chi connectivity index (χ1n) is 15.1. The number of carbonyl (C=O) groups excluding carboxylic acids is 1. The van der Waals surface area contributed by atoms with Gasteiger partial charge in [0.2, 0.25) is 0 Å². The number of carbonyl (C=O) groups is 1. The van der Waals surface area contributed by atoms with Crippen molar-refractivity contribution in [1.82, 2.24) is 25.5 Å². The SMILES string of the molecule is CC(C)OC(=O)N1c2ccc(C(F)(F)F)cc2[C@H](N(Cc2cc(C(F)(F)F)cc(C(F)(F)F)c2)c2nnn(C3CCNCC3)n2)C[C@@H]1C. The molecule has 3 heterocycles. The van der Waals surface area contributed by atoms with Gasteiger partial charge in [0.15, 0.2) is 0 Å². The molecule has 18 heteroatoms. The zero-order valence-corrected chi connectivity index (χ0v) is 25.9. The highest BCUT2D eigenvalue weighted by molar-refractivity contribution is 5.90. The van der Waals surface area contributed by atoms with Gasteiger partial charge in [0.1, 0.15) is 0 Å². The Morgan fingerprint density at radius 1 is 0.938 bits per heavy atom. The molecular formula is C30H32F9N7O2. The number of anilines is 2. The molecule has 262 valence electrons. The van der Waals surface area contributed by atoms with Crippen molar-refractivity contribution in [2.45, 2.75) is 89.3 Å². The van der Waals surface area contributed by atoms with Crippen LogP contribution in [0, 0.1) is 0 Å². The summed E-state index contributed by atoms with van der Waals surface area (Å²) in [7, 11) is 0. The van der Waals surface area contributed by atoms with Gasteiger partial charge in [-0.25, -0.2) is 4.79 Å². The first-order valence-corrected chi connectivity index (χ1v) is 15.1. The fourth-order valence-corrected chi connectivity index (χ4v) is 5.99. The molecule has 2 atom stereocenters. The highest BCUT2D eigenvalue weighted by Gasteiger charge is 2.42. The van der Waals surface area contributed by atoms with Gasteiger partial charge >= 0.3 is 24.6 Å². The average molecular weight is 694 g/mol. The number of hydrogen-bond acceptors (Lipinski definition) is 7. The van der Waals surface area contributed by atoms with Crippen LogP contribution in [0.2, 0.25) is 0 Å². The third-order valence-corrected chi connectivity index (χ3v) is 8.20. The van der Waals surface area contributed by atoms with E-state index in [2.05, 4.69) is 20.7 Å². The summed E-state index contributed by atoms with van der Waals surface area (Å²) in [6.45, 7) is 5.36. The molecule has 1 saturated heterocycles. The van der Waals surface area contributed by atoms with Gasteiger partial charge in [-0.1, -0.05) is 5.10 Å². The lowest BCUT2D eigenvalue weighted by Gasteiger charge is -2.43. The van der Waals surface area contributed by atoms with Gasteiger partial charge in [-0.2, -0.15) is 44.3 Å². The van der Waals surface area contributed by atoms with E-state index in [-0.39, 0.29) is 35.7 Å². The molecule has 5 rings (SSSR count). The molecule has 0 bridgehead atoms. The summed E-state index contributed by atoms with van der Waals surface area (Å²) in [6.07, 6.45) is -15.4. The maximum atomic E-state index is 14.0. The lowest BCUT2D eigenvalue weighted by atomic mass is 9.89. The van der Waals surface area contributed by atoms with Crippen LogP contribution in [0.3, 0.4) is 0 Å². The Morgan fingerprint density at radius 3 is 2.10 bits per heavy atom. The number of halogens is 9. The number of aromatic nitrogens is 4. The molecule has 3 aromatic rings. The number of tetrazole rings is 1. The minimum atomic E-state index is -5.14. The van der Waals surface area contributed by atoms with E-state index in [1.807, 2.05) is 0 Å². The van der Waals surface area contributed by atoms with Crippen molar-refractivity contribution < 1.29 is 49.0 Å². The molecule has 9 nitrogen and oxygen atoms in total. The summed E-state index contributed by atoms with van der Waals surface area (Å²) >= 11 is 0. The van der Waals surface area contributed by atoms with E-state index < -0.39 is 71.6 Å². The molecule has 1 aromatic heterocycles. The number of benzene rings is 2. The van der Waals surface area contributed by atoms with E-state index in [1.54, 1.807) is 20.8 Å². The standard InChI is InChI=1S/C30H32F9N7O2/c1-16(2)48-27(47)45-17(3)10-25(23-14-19(28(31,32)33)4-5-24(23)45)44(26-41-43-46(42-26)22-6-8-40-9-7-22)15-18-11-20(29(34,35)36)13-21(12-18)30(37,38)39/h4-5,11-14,16-17,22,25,40H,6-10,15H2,1-3H3/t17-,25+/m0/s1. The Morgan fingerprint density at radius 2 is 1.54 bits per heavy atom. The molecule has 2 aromatic carbocycles. The molecule has 0 spiro atoms. The Balaban J connectivity index is 1.68. The van der Waals surface area contributed by atoms with E-state index in [0.717, 1.165) is 18.2 Å². The average Bonchev–Trinajstić information content (AvgIpc) is 3.48. The van der Waals surface area contributed by atoms with E-state index in [4.69, 9.17) is 4.74 Å². The number of nitrogens with one attached hydrogen (secondary N) is 1.